The number of esters is 1. The molecule has 1 heterocycles. The summed E-state index contributed by atoms with van der Waals surface area (Å²) in [6.45, 7) is 1.51. The Hall–Kier alpha value is -3.97. The van der Waals surface area contributed by atoms with E-state index in [1.807, 2.05) is 41.8 Å². The Morgan fingerprint density at radius 1 is 0.875 bits per heavy atom. The number of hydrogen-bond acceptors (Lipinski definition) is 5. The molecule has 0 radical (unpaired) electrons. The summed E-state index contributed by atoms with van der Waals surface area (Å²) in [6, 6.07) is 23.2. The van der Waals surface area contributed by atoms with Gasteiger partial charge in [0.05, 0.1) is 10.4 Å². The van der Waals surface area contributed by atoms with Crippen molar-refractivity contribution in [3.63, 3.8) is 0 Å². The molecule has 2 N–H and O–H groups in total. The number of nitrogens with one attached hydrogen (secondary N) is 2. The molecule has 4 rings (SSSR count). The van der Waals surface area contributed by atoms with E-state index in [1.165, 1.54) is 24.3 Å². The SMILES string of the molecule is CC(OC(=O)c1cccc(NC(=O)c2cccs2)c1)C(=O)Nc1cccc2ccccc12. The lowest BCUT2D eigenvalue weighted by molar-refractivity contribution is -0.123. The van der Waals surface area contributed by atoms with E-state index in [0.29, 0.717) is 16.3 Å². The van der Waals surface area contributed by atoms with Crippen molar-refractivity contribution in [2.45, 2.75) is 13.0 Å². The second-order valence-corrected chi connectivity index (χ2v) is 8.02. The number of fused-ring (bicyclic) bond motifs is 1. The molecule has 0 saturated heterocycles. The van der Waals surface area contributed by atoms with Crippen LogP contribution in [0, 0.1) is 0 Å². The van der Waals surface area contributed by atoms with E-state index in [-0.39, 0.29) is 11.5 Å². The van der Waals surface area contributed by atoms with Crippen LogP contribution in [0.2, 0.25) is 0 Å². The quantitative estimate of drug-likeness (QED) is 0.393. The van der Waals surface area contributed by atoms with Crippen LogP contribution in [0.4, 0.5) is 11.4 Å². The Labute approximate surface area is 188 Å². The highest BCUT2D eigenvalue weighted by atomic mass is 32.1. The molecule has 32 heavy (non-hydrogen) atoms. The molecule has 3 aromatic carbocycles. The molecule has 0 saturated carbocycles. The second-order valence-electron chi connectivity index (χ2n) is 7.08. The Balaban J connectivity index is 1.41. The Morgan fingerprint density at radius 3 is 2.47 bits per heavy atom. The minimum atomic E-state index is -1.01. The molecule has 6 nitrogen and oxygen atoms in total. The van der Waals surface area contributed by atoms with Crippen molar-refractivity contribution < 1.29 is 19.1 Å². The molecule has 1 atom stereocenters. The third-order valence-electron chi connectivity index (χ3n) is 4.80. The normalized spacial score (nSPS) is 11.5. The van der Waals surface area contributed by atoms with Crippen LogP contribution in [-0.2, 0) is 9.53 Å². The topological polar surface area (TPSA) is 84.5 Å². The first-order valence-corrected chi connectivity index (χ1v) is 10.8. The first-order chi connectivity index (χ1) is 15.5. The van der Waals surface area contributed by atoms with Crippen molar-refractivity contribution in [2.75, 3.05) is 10.6 Å². The van der Waals surface area contributed by atoms with Crippen molar-refractivity contribution in [1.82, 2.24) is 0 Å². The van der Waals surface area contributed by atoms with E-state index in [2.05, 4.69) is 10.6 Å². The zero-order valence-corrected chi connectivity index (χ0v) is 18.0. The predicted octanol–water partition coefficient (Wildman–Crippen LogP) is 5.34. The third-order valence-corrected chi connectivity index (χ3v) is 5.67. The molecule has 0 spiro atoms. The predicted molar refractivity (Wildman–Crippen MR) is 126 cm³/mol. The van der Waals surface area contributed by atoms with E-state index in [1.54, 1.807) is 36.4 Å². The van der Waals surface area contributed by atoms with Crippen molar-refractivity contribution in [3.05, 3.63) is 94.7 Å². The molecule has 1 aromatic heterocycles. The number of thiophene rings is 1. The van der Waals surface area contributed by atoms with Crippen LogP contribution in [0.25, 0.3) is 10.8 Å². The van der Waals surface area contributed by atoms with E-state index >= 15 is 0 Å². The van der Waals surface area contributed by atoms with E-state index in [4.69, 9.17) is 4.74 Å². The molecule has 0 fully saturated rings. The van der Waals surface area contributed by atoms with Gasteiger partial charge in [0.15, 0.2) is 6.10 Å². The maximum Gasteiger partial charge on any atom is 0.338 e. The van der Waals surface area contributed by atoms with Crippen LogP contribution < -0.4 is 10.6 Å². The smallest absolute Gasteiger partial charge is 0.338 e. The van der Waals surface area contributed by atoms with E-state index < -0.39 is 18.0 Å². The number of ether oxygens (including phenoxy) is 1. The Morgan fingerprint density at radius 2 is 1.66 bits per heavy atom. The van der Waals surface area contributed by atoms with Crippen molar-refractivity contribution >= 4 is 51.3 Å². The molecule has 1 unspecified atom stereocenters. The first kappa shape index (κ1) is 21.3. The number of hydrogen-bond donors (Lipinski definition) is 2. The van der Waals surface area contributed by atoms with Gasteiger partial charge in [-0.2, -0.15) is 0 Å². The van der Waals surface area contributed by atoms with Crippen LogP contribution in [0.3, 0.4) is 0 Å². The van der Waals surface area contributed by atoms with Crippen LogP contribution in [-0.4, -0.2) is 23.9 Å². The molecule has 0 bridgehead atoms. The summed E-state index contributed by atoms with van der Waals surface area (Å²) in [5, 5.41) is 9.28. The van der Waals surface area contributed by atoms with Gasteiger partial charge in [0.25, 0.3) is 11.8 Å². The molecule has 2 amide bonds. The summed E-state index contributed by atoms with van der Waals surface area (Å²) in [5.74, 6) is -1.34. The lowest BCUT2D eigenvalue weighted by atomic mass is 10.1. The lowest BCUT2D eigenvalue weighted by Gasteiger charge is -2.15. The fraction of sp³-hybridized carbons (Fsp3) is 0.0800. The summed E-state index contributed by atoms with van der Waals surface area (Å²) in [5.41, 5.74) is 1.35. The van der Waals surface area contributed by atoms with Gasteiger partial charge in [-0.05, 0) is 48.0 Å². The highest BCUT2D eigenvalue weighted by Crippen LogP contribution is 2.23. The number of carbonyl (C=O) groups is 3. The second kappa shape index (κ2) is 9.45. The van der Waals surface area contributed by atoms with Crippen molar-refractivity contribution in [3.8, 4) is 0 Å². The summed E-state index contributed by atoms with van der Waals surface area (Å²) in [6.07, 6.45) is -1.01. The monoisotopic (exact) mass is 444 g/mol. The fourth-order valence-corrected chi connectivity index (χ4v) is 3.79. The van der Waals surface area contributed by atoms with Crippen LogP contribution in [0.5, 0.6) is 0 Å². The Kier molecular flexibility index (Phi) is 6.28. The maximum atomic E-state index is 12.6. The van der Waals surface area contributed by atoms with Crippen molar-refractivity contribution in [2.24, 2.45) is 0 Å². The van der Waals surface area contributed by atoms with Gasteiger partial charge >= 0.3 is 5.97 Å². The zero-order valence-electron chi connectivity index (χ0n) is 17.2. The van der Waals surface area contributed by atoms with Crippen LogP contribution in [0.15, 0.2) is 84.2 Å². The van der Waals surface area contributed by atoms with Gasteiger partial charge in [0.1, 0.15) is 0 Å². The highest BCUT2D eigenvalue weighted by molar-refractivity contribution is 7.12. The molecule has 160 valence electrons. The summed E-state index contributed by atoms with van der Waals surface area (Å²) in [4.78, 5) is 38.0. The minimum Gasteiger partial charge on any atom is -0.449 e. The Bertz CT molecular complexity index is 1280. The third kappa shape index (κ3) is 4.84. The van der Waals surface area contributed by atoms with Crippen LogP contribution >= 0.6 is 11.3 Å². The minimum absolute atomic E-state index is 0.235. The van der Waals surface area contributed by atoms with E-state index in [9.17, 15) is 14.4 Å². The molecule has 0 aliphatic rings. The summed E-state index contributed by atoms with van der Waals surface area (Å²) >= 11 is 1.33. The molecule has 4 aromatic rings. The molecule has 0 aliphatic heterocycles. The molecule has 7 heteroatoms. The number of amides is 2. The molecular formula is C25H20N2O4S. The molecule has 0 aliphatic carbocycles. The molecular weight excluding hydrogens is 424 g/mol. The summed E-state index contributed by atoms with van der Waals surface area (Å²) in [7, 11) is 0. The zero-order chi connectivity index (χ0) is 22.5. The number of anilines is 2. The average Bonchev–Trinajstić information content (AvgIpc) is 3.35. The number of rotatable bonds is 6. The van der Waals surface area contributed by atoms with Crippen molar-refractivity contribution in [1.29, 1.82) is 0 Å². The van der Waals surface area contributed by atoms with Gasteiger partial charge in [0.2, 0.25) is 0 Å². The highest BCUT2D eigenvalue weighted by Gasteiger charge is 2.20. The standard InChI is InChI=1S/C25H20N2O4S/c1-16(23(28)27-21-12-5-8-17-7-2-3-11-20(17)21)31-25(30)18-9-4-10-19(15-18)26-24(29)22-13-6-14-32-22/h2-16H,1H3,(H,26,29)(H,27,28). The van der Waals surface area contributed by atoms with Gasteiger partial charge in [-0.15, -0.1) is 11.3 Å². The first-order valence-electron chi connectivity index (χ1n) is 9.96. The number of carbonyl (C=O) groups excluding carboxylic acids is 3. The maximum absolute atomic E-state index is 12.6. The van der Waals surface area contributed by atoms with Crippen LogP contribution in [0.1, 0.15) is 27.0 Å². The van der Waals surface area contributed by atoms with Gasteiger partial charge in [0, 0.05) is 16.8 Å². The van der Waals surface area contributed by atoms with E-state index in [0.717, 1.165) is 10.8 Å². The average molecular weight is 445 g/mol. The largest absolute Gasteiger partial charge is 0.449 e. The van der Waals surface area contributed by atoms with Gasteiger partial charge in [-0.25, -0.2) is 4.79 Å². The van der Waals surface area contributed by atoms with Gasteiger partial charge in [-0.1, -0.05) is 48.5 Å². The van der Waals surface area contributed by atoms with Gasteiger partial charge < -0.3 is 15.4 Å². The fourth-order valence-electron chi connectivity index (χ4n) is 3.18. The summed E-state index contributed by atoms with van der Waals surface area (Å²) < 4.78 is 5.35. The number of benzene rings is 3. The van der Waals surface area contributed by atoms with Gasteiger partial charge in [-0.3, -0.25) is 9.59 Å². The lowest BCUT2D eigenvalue weighted by Crippen LogP contribution is -2.30.